The molecule has 0 bridgehead atoms. The lowest BCUT2D eigenvalue weighted by Crippen LogP contribution is -2.18. The van der Waals surface area contributed by atoms with E-state index in [1.807, 2.05) is 6.92 Å². The van der Waals surface area contributed by atoms with Crippen LogP contribution in [-0.2, 0) is 11.3 Å². The number of pyridine rings is 1. The van der Waals surface area contributed by atoms with E-state index >= 15 is 0 Å². The van der Waals surface area contributed by atoms with Gasteiger partial charge in [0.05, 0.1) is 19.0 Å². The van der Waals surface area contributed by atoms with Crippen molar-refractivity contribution in [3.05, 3.63) is 18.0 Å². The molecule has 1 unspecified atom stereocenters. The van der Waals surface area contributed by atoms with Crippen LogP contribution in [0.25, 0.3) is 11.2 Å². The molecule has 0 aromatic carbocycles. The van der Waals surface area contributed by atoms with Crippen molar-refractivity contribution in [1.29, 1.82) is 0 Å². The summed E-state index contributed by atoms with van der Waals surface area (Å²) < 4.78 is 11.6. The molecule has 0 aliphatic heterocycles. The largest absolute Gasteiger partial charge is 0.481 e. The number of aromatic nitrogens is 3. The van der Waals surface area contributed by atoms with Crippen molar-refractivity contribution in [2.24, 2.45) is 5.73 Å². The lowest BCUT2D eigenvalue weighted by atomic mass is 10.4. The van der Waals surface area contributed by atoms with Crippen LogP contribution in [0, 0.1) is 0 Å². The van der Waals surface area contributed by atoms with Gasteiger partial charge < -0.3 is 19.8 Å². The van der Waals surface area contributed by atoms with Gasteiger partial charge in [0.25, 0.3) is 0 Å². The van der Waals surface area contributed by atoms with Crippen LogP contribution in [0.2, 0.25) is 0 Å². The molecule has 2 N–H and O–H groups in total. The van der Waals surface area contributed by atoms with Gasteiger partial charge in [0, 0.05) is 6.07 Å². The third-order valence-corrected chi connectivity index (χ3v) is 2.92. The van der Waals surface area contributed by atoms with Crippen molar-refractivity contribution in [3.63, 3.8) is 0 Å². The Balaban J connectivity index is 2.40. The van der Waals surface area contributed by atoms with E-state index in [0.29, 0.717) is 29.4 Å². The van der Waals surface area contributed by atoms with E-state index in [9.17, 15) is 4.79 Å². The number of alkyl halides is 1. The molecule has 0 fully saturated rings. The van der Waals surface area contributed by atoms with Crippen molar-refractivity contribution >= 4 is 28.9 Å². The second kappa shape index (κ2) is 5.96. The fourth-order valence-corrected chi connectivity index (χ4v) is 2.04. The number of rotatable bonds is 5. The predicted octanol–water partition coefficient (Wildman–Crippen LogP) is 1.83. The van der Waals surface area contributed by atoms with Crippen LogP contribution in [0.3, 0.4) is 0 Å². The number of nitrogens with zero attached hydrogens (tertiary/aromatic N) is 3. The Hall–Kier alpha value is -2.02. The van der Waals surface area contributed by atoms with Crippen LogP contribution in [0.5, 0.6) is 5.88 Å². The van der Waals surface area contributed by atoms with E-state index in [2.05, 4.69) is 9.97 Å². The Kier molecular flexibility index (Phi) is 4.29. The van der Waals surface area contributed by atoms with Gasteiger partial charge in [-0.1, -0.05) is 0 Å². The number of hydrogen-bond donors (Lipinski definition) is 1. The van der Waals surface area contributed by atoms with Crippen molar-refractivity contribution in [3.8, 4) is 5.88 Å². The highest BCUT2D eigenvalue weighted by atomic mass is 35.5. The van der Waals surface area contributed by atoms with Gasteiger partial charge in [0.1, 0.15) is 17.9 Å². The maximum absolute atomic E-state index is 10.6. The van der Waals surface area contributed by atoms with Gasteiger partial charge in [0.15, 0.2) is 5.65 Å². The van der Waals surface area contributed by atoms with Crippen LogP contribution in [0.1, 0.15) is 18.1 Å². The molecule has 2 rings (SSSR count). The van der Waals surface area contributed by atoms with Crippen molar-refractivity contribution < 1.29 is 14.3 Å². The number of ether oxygens (including phenoxy) is 2. The van der Waals surface area contributed by atoms with Crippen LogP contribution in [-0.4, -0.2) is 34.3 Å². The Morgan fingerprint density at radius 2 is 2.25 bits per heavy atom. The molecule has 2 aromatic heterocycles. The summed E-state index contributed by atoms with van der Waals surface area (Å²) in [6.45, 7) is 2.30. The molecule has 20 heavy (non-hydrogen) atoms. The van der Waals surface area contributed by atoms with Crippen LogP contribution >= 0.6 is 11.6 Å². The average Bonchev–Trinajstić information content (AvgIpc) is 2.76. The number of carbonyl (C=O) groups excluding carboxylic acids is 1. The molecular formula is C12H15ClN4O3. The molecule has 0 aliphatic carbocycles. The summed E-state index contributed by atoms with van der Waals surface area (Å²) in [6, 6.07) is 3.53. The molecule has 0 radical (unpaired) electrons. The van der Waals surface area contributed by atoms with Crippen molar-refractivity contribution in [1.82, 2.24) is 14.5 Å². The van der Waals surface area contributed by atoms with E-state index in [1.165, 1.54) is 7.11 Å². The summed E-state index contributed by atoms with van der Waals surface area (Å²) in [5.41, 5.74) is 6.27. The lowest BCUT2D eigenvalue weighted by Gasteiger charge is -2.09. The minimum atomic E-state index is -0.819. The van der Waals surface area contributed by atoms with Crippen LogP contribution < -0.4 is 10.5 Å². The fraction of sp³-hybridized carbons (Fsp3) is 0.417. The zero-order chi connectivity index (χ0) is 14.7. The lowest BCUT2D eigenvalue weighted by molar-refractivity contribution is 0.152. The highest BCUT2D eigenvalue weighted by molar-refractivity contribution is 6.20. The number of methoxy groups -OCH3 is 1. The standard InChI is InChI=1S/C12H15ClN4O3/c1-7(13)10-15-8-3-4-9(19-2)16-11(8)17(10)5-6-20-12(14)18/h3-4,7H,5-6H2,1-2H3,(H2,14,18). The molecule has 0 saturated heterocycles. The number of imidazole rings is 1. The quantitative estimate of drug-likeness (QED) is 0.850. The van der Waals surface area contributed by atoms with Gasteiger partial charge >= 0.3 is 6.09 Å². The molecule has 1 atom stereocenters. The molecule has 2 aromatic rings. The number of fused-ring (bicyclic) bond motifs is 1. The average molecular weight is 299 g/mol. The van der Waals surface area contributed by atoms with E-state index in [0.717, 1.165) is 0 Å². The number of halogens is 1. The molecule has 8 heteroatoms. The Bertz CT molecular complexity index is 626. The zero-order valence-electron chi connectivity index (χ0n) is 11.2. The van der Waals surface area contributed by atoms with Crippen molar-refractivity contribution in [2.75, 3.05) is 13.7 Å². The smallest absolute Gasteiger partial charge is 0.404 e. The minimum absolute atomic E-state index is 0.121. The Labute approximate surface area is 120 Å². The molecule has 0 aliphatic rings. The number of amides is 1. The molecular weight excluding hydrogens is 284 g/mol. The molecule has 7 nitrogen and oxygen atoms in total. The van der Waals surface area contributed by atoms with Crippen molar-refractivity contribution in [2.45, 2.75) is 18.8 Å². The third-order valence-electron chi connectivity index (χ3n) is 2.72. The summed E-state index contributed by atoms with van der Waals surface area (Å²) >= 11 is 6.12. The molecule has 1 amide bonds. The van der Waals surface area contributed by atoms with Gasteiger partial charge in [-0.15, -0.1) is 11.6 Å². The molecule has 108 valence electrons. The van der Waals surface area contributed by atoms with Gasteiger partial charge in [0.2, 0.25) is 5.88 Å². The number of carbonyl (C=O) groups is 1. The monoisotopic (exact) mass is 298 g/mol. The van der Waals surface area contributed by atoms with E-state index in [-0.39, 0.29) is 12.0 Å². The number of hydrogen-bond acceptors (Lipinski definition) is 5. The Morgan fingerprint density at radius 3 is 2.85 bits per heavy atom. The first kappa shape index (κ1) is 14.4. The highest BCUT2D eigenvalue weighted by Crippen LogP contribution is 2.24. The Morgan fingerprint density at radius 1 is 1.50 bits per heavy atom. The third kappa shape index (κ3) is 2.93. The highest BCUT2D eigenvalue weighted by Gasteiger charge is 2.16. The van der Waals surface area contributed by atoms with Crippen LogP contribution in [0.4, 0.5) is 4.79 Å². The first-order valence-electron chi connectivity index (χ1n) is 6.00. The molecule has 2 heterocycles. The summed E-state index contributed by atoms with van der Waals surface area (Å²) in [5, 5.41) is -0.302. The minimum Gasteiger partial charge on any atom is -0.481 e. The summed E-state index contributed by atoms with van der Waals surface area (Å²) in [7, 11) is 1.54. The van der Waals surface area contributed by atoms with Gasteiger partial charge in [-0.25, -0.2) is 9.78 Å². The summed E-state index contributed by atoms with van der Waals surface area (Å²) in [6.07, 6.45) is -0.819. The first-order chi connectivity index (χ1) is 9.52. The maximum atomic E-state index is 10.6. The summed E-state index contributed by atoms with van der Waals surface area (Å²) in [4.78, 5) is 19.4. The molecule has 0 saturated carbocycles. The van der Waals surface area contributed by atoms with E-state index < -0.39 is 6.09 Å². The predicted molar refractivity (Wildman–Crippen MR) is 73.9 cm³/mol. The van der Waals surface area contributed by atoms with E-state index in [4.69, 9.17) is 26.8 Å². The number of primary amides is 1. The van der Waals surface area contributed by atoms with Gasteiger partial charge in [-0.05, 0) is 13.0 Å². The normalized spacial score (nSPS) is 12.3. The SMILES string of the molecule is COc1ccc2nc(C(C)Cl)n(CCOC(N)=O)c2n1. The number of nitrogens with two attached hydrogens (primary N) is 1. The maximum Gasteiger partial charge on any atom is 0.404 e. The topological polar surface area (TPSA) is 92.3 Å². The second-order valence-corrected chi connectivity index (χ2v) is 4.76. The first-order valence-corrected chi connectivity index (χ1v) is 6.44. The second-order valence-electron chi connectivity index (χ2n) is 4.10. The molecule has 0 spiro atoms. The van der Waals surface area contributed by atoms with Gasteiger partial charge in [-0.2, -0.15) is 4.98 Å². The fourth-order valence-electron chi connectivity index (χ4n) is 1.88. The summed E-state index contributed by atoms with van der Waals surface area (Å²) in [5.74, 6) is 1.12. The zero-order valence-corrected chi connectivity index (χ0v) is 11.9. The van der Waals surface area contributed by atoms with Crippen LogP contribution in [0.15, 0.2) is 12.1 Å². The van der Waals surface area contributed by atoms with E-state index in [1.54, 1.807) is 16.7 Å². The van der Waals surface area contributed by atoms with Gasteiger partial charge in [-0.3, -0.25) is 0 Å².